The Kier molecular flexibility index (Phi) is 4.54. The number of piperidine rings is 1. The maximum atomic E-state index is 12.8. The molecule has 1 heterocycles. The molecule has 102 valence electrons. The van der Waals surface area contributed by atoms with Crippen LogP contribution in [0.2, 0.25) is 0 Å². The number of benzene rings is 1. The number of hydrogen-bond acceptors (Lipinski definition) is 2. The zero-order valence-corrected chi connectivity index (χ0v) is 11.7. The Labute approximate surface area is 115 Å². The van der Waals surface area contributed by atoms with E-state index in [4.69, 9.17) is 0 Å². The van der Waals surface area contributed by atoms with Gasteiger partial charge in [-0.05, 0) is 44.8 Å². The fourth-order valence-electron chi connectivity index (χ4n) is 2.91. The summed E-state index contributed by atoms with van der Waals surface area (Å²) in [7, 11) is 0. The van der Waals surface area contributed by atoms with Crippen molar-refractivity contribution >= 4 is 5.78 Å². The van der Waals surface area contributed by atoms with Gasteiger partial charge in [0.05, 0.1) is 5.41 Å². The third-order valence-electron chi connectivity index (χ3n) is 4.10. The average molecular weight is 257 g/mol. The van der Waals surface area contributed by atoms with E-state index >= 15 is 0 Å². The van der Waals surface area contributed by atoms with Crippen molar-refractivity contribution in [3.8, 4) is 0 Å². The van der Waals surface area contributed by atoms with Crippen LogP contribution in [0.1, 0.15) is 38.2 Å². The highest BCUT2D eigenvalue weighted by Crippen LogP contribution is 2.36. The topological polar surface area (TPSA) is 29.1 Å². The molecule has 0 unspecified atom stereocenters. The lowest BCUT2D eigenvalue weighted by molar-refractivity contribution is -0.125. The van der Waals surface area contributed by atoms with Gasteiger partial charge < -0.3 is 5.32 Å². The lowest BCUT2D eigenvalue weighted by Crippen LogP contribution is -2.45. The quantitative estimate of drug-likeness (QED) is 0.821. The zero-order valence-electron chi connectivity index (χ0n) is 11.7. The molecule has 2 nitrogen and oxygen atoms in total. The molecule has 0 atom stereocenters. The number of rotatable bonds is 5. The van der Waals surface area contributed by atoms with Crippen molar-refractivity contribution in [1.82, 2.24) is 5.32 Å². The molecule has 0 radical (unpaired) electrons. The summed E-state index contributed by atoms with van der Waals surface area (Å²) in [4.78, 5) is 12.8. The molecule has 1 aromatic rings. The Balaban J connectivity index is 2.24. The fourth-order valence-corrected chi connectivity index (χ4v) is 2.91. The molecule has 0 aromatic heterocycles. The Morgan fingerprint density at radius 3 is 2.42 bits per heavy atom. The normalized spacial score (nSPS) is 17.9. The minimum Gasteiger partial charge on any atom is -0.317 e. The van der Waals surface area contributed by atoms with Gasteiger partial charge in [-0.1, -0.05) is 35.9 Å². The van der Waals surface area contributed by atoms with Crippen LogP contribution >= 0.6 is 0 Å². The lowest BCUT2D eigenvalue weighted by atomic mass is 9.69. The minimum atomic E-state index is -0.276. The summed E-state index contributed by atoms with van der Waals surface area (Å²) in [6, 6.07) is 10.3. The van der Waals surface area contributed by atoms with Gasteiger partial charge in [-0.3, -0.25) is 4.79 Å². The molecule has 1 saturated heterocycles. The van der Waals surface area contributed by atoms with Crippen LogP contribution in [-0.2, 0) is 10.2 Å². The van der Waals surface area contributed by atoms with E-state index in [0.717, 1.165) is 37.9 Å². The lowest BCUT2D eigenvalue weighted by Gasteiger charge is -2.37. The number of allylic oxidation sites excluding steroid dienone is 1. The highest BCUT2D eigenvalue weighted by Gasteiger charge is 2.39. The molecular formula is C17H23NO. The molecule has 0 bridgehead atoms. The predicted octanol–water partition coefficient (Wildman–Crippen LogP) is 3.23. The van der Waals surface area contributed by atoms with Gasteiger partial charge in [-0.2, -0.15) is 0 Å². The second kappa shape index (κ2) is 6.16. The standard InChI is InChI=1S/C17H23NO/c1-14(2)8-9-16(19)17(10-12-18-13-11-17)15-6-4-3-5-7-15/h3-7,18H,1,8-13H2,2H3. The van der Waals surface area contributed by atoms with E-state index in [2.05, 4.69) is 24.0 Å². The van der Waals surface area contributed by atoms with Gasteiger partial charge in [-0.15, -0.1) is 6.58 Å². The molecule has 0 amide bonds. The molecule has 1 aliphatic rings. The predicted molar refractivity (Wildman–Crippen MR) is 79.3 cm³/mol. The van der Waals surface area contributed by atoms with Gasteiger partial charge >= 0.3 is 0 Å². The van der Waals surface area contributed by atoms with E-state index in [1.807, 2.05) is 25.1 Å². The number of ketones is 1. The van der Waals surface area contributed by atoms with Crippen LogP contribution in [0, 0.1) is 0 Å². The highest BCUT2D eigenvalue weighted by molar-refractivity contribution is 5.90. The molecule has 0 saturated carbocycles. The summed E-state index contributed by atoms with van der Waals surface area (Å²) in [5, 5.41) is 3.36. The average Bonchev–Trinajstić information content (AvgIpc) is 2.46. The van der Waals surface area contributed by atoms with Crippen molar-refractivity contribution in [2.75, 3.05) is 13.1 Å². The first-order chi connectivity index (χ1) is 9.15. The van der Waals surface area contributed by atoms with Gasteiger partial charge in [-0.25, -0.2) is 0 Å². The van der Waals surface area contributed by atoms with Crippen LogP contribution in [-0.4, -0.2) is 18.9 Å². The van der Waals surface area contributed by atoms with E-state index in [1.54, 1.807) is 0 Å². The van der Waals surface area contributed by atoms with E-state index in [-0.39, 0.29) is 5.41 Å². The first-order valence-electron chi connectivity index (χ1n) is 7.09. The molecule has 1 aliphatic heterocycles. The minimum absolute atomic E-state index is 0.276. The third kappa shape index (κ3) is 3.13. The third-order valence-corrected chi connectivity index (χ3v) is 4.10. The fraction of sp³-hybridized carbons (Fsp3) is 0.471. The Bertz CT molecular complexity index is 444. The first kappa shape index (κ1) is 14.0. The number of Topliss-reactive ketones (excluding diaryl/α,β-unsaturated/α-hetero) is 1. The summed E-state index contributed by atoms with van der Waals surface area (Å²) in [5.74, 6) is 0.378. The van der Waals surface area contributed by atoms with Crippen molar-refractivity contribution in [2.45, 2.75) is 38.0 Å². The summed E-state index contributed by atoms with van der Waals surface area (Å²) >= 11 is 0. The molecule has 19 heavy (non-hydrogen) atoms. The molecule has 0 spiro atoms. The summed E-state index contributed by atoms with van der Waals surface area (Å²) in [6.07, 6.45) is 3.24. The number of hydrogen-bond donors (Lipinski definition) is 1. The maximum Gasteiger partial charge on any atom is 0.143 e. The smallest absolute Gasteiger partial charge is 0.143 e. The molecule has 1 fully saturated rings. The molecule has 1 aromatic carbocycles. The molecule has 1 N–H and O–H groups in total. The van der Waals surface area contributed by atoms with Gasteiger partial charge in [0, 0.05) is 6.42 Å². The SMILES string of the molecule is C=C(C)CCC(=O)C1(c2ccccc2)CCNCC1. The second-order valence-corrected chi connectivity index (χ2v) is 5.58. The maximum absolute atomic E-state index is 12.8. The number of nitrogens with one attached hydrogen (secondary N) is 1. The van der Waals surface area contributed by atoms with Gasteiger partial charge in [0.1, 0.15) is 5.78 Å². The monoisotopic (exact) mass is 257 g/mol. The van der Waals surface area contributed by atoms with Gasteiger partial charge in [0.15, 0.2) is 0 Å². The van der Waals surface area contributed by atoms with Crippen molar-refractivity contribution in [3.05, 3.63) is 48.0 Å². The van der Waals surface area contributed by atoms with Crippen LogP contribution in [0.4, 0.5) is 0 Å². The van der Waals surface area contributed by atoms with Crippen molar-refractivity contribution < 1.29 is 4.79 Å². The van der Waals surface area contributed by atoms with E-state index in [0.29, 0.717) is 12.2 Å². The van der Waals surface area contributed by atoms with Crippen molar-refractivity contribution in [2.24, 2.45) is 0 Å². The Hall–Kier alpha value is -1.41. The van der Waals surface area contributed by atoms with Crippen LogP contribution in [0.25, 0.3) is 0 Å². The number of carbonyl (C=O) groups excluding carboxylic acids is 1. The Morgan fingerprint density at radius 1 is 1.21 bits per heavy atom. The van der Waals surface area contributed by atoms with Crippen LogP contribution in [0.5, 0.6) is 0 Å². The first-order valence-corrected chi connectivity index (χ1v) is 7.09. The molecular weight excluding hydrogens is 234 g/mol. The van der Waals surface area contributed by atoms with E-state index in [1.165, 1.54) is 5.56 Å². The summed E-state index contributed by atoms with van der Waals surface area (Å²) < 4.78 is 0. The van der Waals surface area contributed by atoms with Gasteiger partial charge in [0.25, 0.3) is 0 Å². The van der Waals surface area contributed by atoms with Gasteiger partial charge in [0.2, 0.25) is 0 Å². The summed E-state index contributed by atoms with van der Waals surface area (Å²) in [6.45, 7) is 7.74. The van der Waals surface area contributed by atoms with Crippen LogP contribution < -0.4 is 5.32 Å². The molecule has 0 aliphatic carbocycles. The van der Waals surface area contributed by atoms with Crippen LogP contribution in [0.3, 0.4) is 0 Å². The van der Waals surface area contributed by atoms with E-state index < -0.39 is 0 Å². The largest absolute Gasteiger partial charge is 0.317 e. The molecule has 2 rings (SSSR count). The summed E-state index contributed by atoms with van der Waals surface area (Å²) in [5.41, 5.74) is 2.00. The van der Waals surface area contributed by atoms with E-state index in [9.17, 15) is 4.79 Å². The highest BCUT2D eigenvalue weighted by atomic mass is 16.1. The zero-order chi connectivity index (χ0) is 13.7. The second-order valence-electron chi connectivity index (χ2n) is 5.58. The van der Waals surface area contributed by atoms with Crippen LogP contribution in [0.15, 0.2) is 42.5 Å². The molecule has 2 heteroatoms. The van der Waals surface area contributed by atoms with Crippen molar-refractivity contribution in [1.29, 1.82) is 0 Å². The Morgan fingerprint density at radius 2 is 1.84 bits per heavy atom. The van der Waals surface area contributed by atoms with Crippen molar-refractivity contribution in [3.63, 3.8) is 0 Å². The number of carbonyl (C=O) groups is 1.